The van der Waals surface area contributed by atoms with Gasteiger partial charge in [0.2, 0.25) is 0 Å². The number of ketones is 1. The van der Waals surface area contributed by atoms with Crippen LogP contribution in [-0.2, 0) is 14.3 Å². The van der Waals surface area contributed by atoms with Crippen LogP contribution in [0.1, 0.15) is 50.4 Å². The third-order valence-corrected chi connectivity index (χ3v) is 5.64. The molecule has 0 spiro atoms. The van der Waals surface area contributed by atoms with E-state index in [9.17, 15) is 9.59 Å². The summed E-state index contributed by atoms with van der Waals surface area (Å²) in [7, 11) is 1.36. The van der Waals surface area contributed by atoms with Crippen LogP contribution in [0.25, 0.3) is 0 Å². The van der Waals surface area contributed by atoms with Gasteiger partial charge in [-0.3, -0.25) is 9.79 Å². The van der Waals surface area contributed by atoms with Gasteiger partial charge in [-0.2, -0.15) is 0 Å². The van der Waals surface area contributed by atoms with Gasteiger partial charge in [0.15, 0.2) is 5.09 Å². The fraction of sp³-hybridized carbons (Fsp3) is 0.526. The monoisotopic (exact) mass is 361 g/mol. The van der Waals surface area contributed by atoms with Gasteiger partial charge >= 0.3 is 5.97 Å². The number of carbonyl (C=O) groups excluding carboxylic acids is 2. The maximum Gasteiger partial charge on any atom is 0.336 e. The number of nitrogens with zero attached hydrogens (tertiary/aromatic N) is 1. The van der Waals surface area contributed by atoms with E-state index in [4.69, 9.17) is 9.15 Å². The second kappa shape index (κ2) is 7.20. The van der Waals surface area contributed by atoms with Crippen LogP contribution in [0.2, 0.25) is 0 Å². The molecule has 0 N–H and O–H groups in total. The van der Waals surface area contributed by atoms with E-state index in [1.54, 1.807) is 11.8 Å². The Morgan fingerprint density at radius 2 is 2.12 bits per heavy atom. The number of rotatable bonds is 4. The standard InChI is InChI=1S/C19H23NO4S/c1-5-25-15-9-12(11(3)24-15)17-16(19(22)23-4)10(2)20-13-7-6-8-14(21)18(13)17/h9,17-18H,5-8H2,1-4H3/t17-,18?/m1/s1. The summed E-state index contributed by atoms with van der Waals surface area (Å²) in [6.45, 7) is 5.76. The summed E-state index contributed by atoms with van der Waals surface area (Å²) in [5.74, 6) is 0.605. The van der Waals surface area contributed by atoms with Crippen molar-refractivity contribution in [2.24, 2.45) is 10.9 Å². The smallest absolute Gasteiger partial charge is 0.336 e. The predicted octanol–water partition coefficient (Wildman–Crippen LogP) is 4.05. The predicted molar refractivity (Wildman–Crippen MR) is 97.1 cm³/mol. The van der Waals surface area contributed by atoms with E-state index >= 15 is 0 Å². The lowest BCUT2D eigenvalue weighted by atomic mass is 9.69. The molecule has 0 amide bonds. The number of fused-ring (bicyclic) bond motifs is 1. The highest BCUT2D eigenvalue weighted by Crippen LogP contribution is 2.45. The highest BCUT2D eigenvalue weighted by Gasteiger charge is 2.44. The molecule has 1 aromatic heterocycles. The fourth-order valence-corrected chi connectivity index (χ4v) is 4.50. The molecule has 0 radical (unpaired) electrons. The normalized spacial score (nSPS) is 23.4. The SMILES string of the molecule is CCSc1cc([C@@H]2C(C(=O)OC)=C(C)N=C3CCCC(=O)C32)c(C)o1. The second-order valence-corrected chi connectivity index (χ2v) is 7.65. The lowest BCUT2D eigenvalue weighted by Gasteiger charge is -2.35. The molecular weight excluding hydrogens is 338 g/mol. The number of aliphatic imine (C=N–C) groups is 1. The molecule has 1 saturated carbocycles. The van der Waals surface area contributed by atoms with Crippen molar-refractivity contribution in [1.82, 2.24) is 0 Å². The number of hydrogen-bond acceptors (Lipinski definition) is 6. The summed E-state index contributed by atoms with van der Waals surface area (Å²) >= 11 is 1.61. The zero-order valence-electron chi connectivity index (χ0n) is 15.0. The van der Waals surface area contributed by atoms with Crippen molar-refractivity contribution < 1.29 is 18.7 Å². The summed E-state index contributed by atoms with van der Waals surface area (Å²) in [6.07, 6.45) is 2.15. The van der Waals surface area contributed by atoms with Crippen molar-refractivity contribution in [2.45, 2.75) is 51.0 Å². The minimum absolute atomic E-state index is 0.147. The Hall–Kier alpha value is -1.82. The van der Waals surface area contributed by atoms with E-state index in [0.29, 0.717) is 17.7 Å². The number of ether oxygens (including phenoxy) is 1. The van der Waals surface area contributed by atoms with Gasteiger partial charge in [-0.05, 0) is 38.5 Å². The van der Waals surface area contributed by atoms with Gasteiger partial charge in [0.25, 0.3) is 0 Å². The van der Waals surface area contributed by atoms with Crippen LogP contribution in [0, 0.1) is 12.8 Å². The molecule has 25 heavy (non-hydrogen) atoms. The van der Waals surface area contributed by atoms with Crippen LogP contribution in [0.3, 0.4) is 0 Å². The van der Waals surface area contributed by atoms with Gasteiger partial charge in [-0.15, -0.1) is 0 Å². The zero-order valence-corrected chi connectivity index (χ0v) is 15.9. The molecule has 0 bridgehead atoms. The summed E-state index contributed by atoms with van der Waals surface area (Å²) < 4.78 is 10.9. The van der Waals surface area contributed by atoms with Crippen LogP contribution in [0.15, 0.2) is 31.8 Å². The number of thioether (sulfide) groups is 1. The first kappa shape index (κ1) is 18.0. The Balaban J connectivity index is 2.16. The van der Waals surface area contributed by atoms with Crippen molar-refractivity contribution in [3.8, 4) is 0 Å². The molecule has 2 atom stereocenters. The first-order valence-corrected chi connectivity index (χ1v) is 9.58. The van der Waals surface area contributed by atoms with Crippen LogP contribution in [0.5, 0.6) is 0 Å². The lowest BCUT2D eigenvalue weighted by Crippen LogP contribution is -2.39. The van der Waals surface area contributed by atoms with Crippen LogP contribution < -0.4 is 0 Å². The Morgan fingerprint density at radius 3 is 2.80 bits per heavy atom. The maximum absolute atomic E-state index is 12.7. The molecule has 0 aromatic carbocycles. The molecule has 1 fully saturated rings. The van der Waals surface area contributed by atoms with E-state index in [-0.39, 0.29) is 17.6 Å². The topological polar surface area (TPSA) is 68.9 Å². The summed E-state index contributed by atoms with van der Waals surface area (Å²) in [5, 5.41) is 0.809. The molecule has 5 nitrogen and oxygen atoms in total. The molecule has 134 valence electrons. The van der Waals surface area contributed by atoms with Crippen LogP contribution in [-0.4, -0.2) is 30.3 Å². The van der Waals surface area contributed by atoms with Gasteiger partial charge in [0.05, 0.1) is 18.6 Å². The van der Waals surface area contributed by atoms with Crippen LogP contribution in [0.4, 0.5) is 0 Å². The summed E-state index contributed by atoms with van der Waals surface area (Å²) in [4.78, 5) is 29.8. The number of carbonyl (C=O) groups is 2. The van der Waals surface area contributed by atoms with E-state index in [0.717, 1.165) is 40.7 Å². The number of furan rings is 1. The quantitative estimate of drug-likeness (QED) is 0.598. The average molecular weight is 361 g/mol. The molecule has 2 aliphatic rings. The Labute approximate surface area is 151 Å². The Kier molecular flexibility index (Phi) is 5.18. The summed E-state index contributed by atoms with van der Waals surface area (Å²) in [6, 6.07) is 1.97. The maximum atomic E-state index is 12.7. The fourth-order valence-electron chi connectivity index (χ4n) is 3.82. The van der Waals surface area contributed by atoms with E-state index < -0.39 is 5.97 Å². The number of esters is 1. The molecule has 2 heterocycles. The lowest BCUT2D eigenvalue weighted by molar-refractivity contribution is -0.136. The largest absolute Gasteiger partial charge is 0.466 e. The van der Waals surface area contributed by atoms with Crippen molar-refractivity contribution in [3.63, 3.8) is 0 Å². The first-order chi connectivity index (χ1) is 12.0. The highest BCUT2D eigenvalue weighted by atomic mass is 32.2. The molecule has 0 saturated heterocycles. The Morgan fingerprint density at radius 1 is 1.36 bits per heavy atom. The van der Waals surface area contributed by atoms with Gasteiger partial charge in [-0.25, -0.2) is 4.79 Å². The first-order valence-electron chi connectivity index (χ1n) is 8.60. The van der Waals surface area contributed by atoms with Crippen molar-refractivity contribution in [2.75, 3.05) is 12.9 Å². The zero-order chi connectivity index (χ0) is 18.1. The van der Waals surface area contributed by atoms with Gasteiger partial charge < -0.3 is 9.15 Å². The minimum Gasteiger partial charge on any atom is -0.466 e. The third kappa shape index (κ3) is 3.19. The molecule has 1 aliphatic heterocycles. The van der Waals surface area contributed by atoms with Crippen LogP contribution >= 0.6 is 11.8 Å². The number of Topliss-reactive ketones (excluding diaryl/α,β-unsaturated/α-hetero) is 1. The van der Waals surface area contributed by atoms with Crippen molar-refractivity contribution in [1.29, 1.82) is 0 Å². The van der Waals surface area contributed by atoms with Gasteiger partial charge in [-0.1, -0.05) is 18.7 Å². The minimum atomic E-state index is -0.422. The highest BCUT2D eigenvalue weighted by molar-refractivity contribution is 7.99. The van der Waals surface area contributed by atoms with Crippen molar-refractivity contribution in [3.05, 3.63) is 28.7 Å². The van der Waals surface area contributed by atoms with Gasteiger partial charge in [0, 0.05) is 29.3 Å². The number of methoxy groups -OCH3 is 1. The number of aryl methyl sites for hydroxylation is 1. The molecule has 1 aliphatic carbocycles. The number of allylic oxidation sites excluding steroid dienone is 1. The average Bonchev–Trinajstić information content (AvgIpc) is 2.93. The molecule has 3 rings (SSSR count). The number of hydrogen-bond donors (Lipinski definition) is 0. The molecule has 1 unspecified atom stereocenters. The molecule has 6 heteroatoms. The van der Waals surface area contributed by atoms with Crippen molar-refractivity contribution >= 4 is 29.2 Å². The van der Waals surface area contributed by atoms with E-state index in [2.05, 4.69) is 11.9 Å². The summed E-state index contributed by atoms with van der Waals surface area (Å²) in [5.41, 5.74) is 2.89. The van der Waals surface area contributed by atoms with Gasteiger partial charge in [0.1, 0.15) is 11.5 Å². The van der Waals surface area contributed by atoms with E-state index in [1.165, 1.54) is 7.11 Å². The second-order valence-electron chi connectivity index (χ2n) is 6.38. The Bertz CT molecular complexity index is 774. The third-order valence-electron chi connectivity index (χ3n) is 4.87. The molecular formula is C19H23NO4S. The van der Waals surface area contributed by atoms with E-state index in [1.807, 2.05) is 19.9 Å². The molecule has 1 aromatic rings.